The number of hydrogen-bond acceptors (Lipinski definition) is 2. The molecule has 20 heavy (non-hydrogen) atoms. The molecule has 0 saturated carbocycles. The average molecular weight is 280 g/mol. The number of carbonyl (C=O) groups excluding carboxylic acids is 1. The molecule has 0 heterocycles. The zero-order chi connectivity index (χ0) is 14.8. The van der Waals surface area contributed by atoms with Gasteiger partial charge in [-0.1, -0.05) is 26.0 Å². The van der Waals surface area contributed by atoms with Crippen LogP contribution in [0.2, 0.25) is 0 Å². The van der Waals surface area contributed by atoms with Crippen molar-refractivity contribution in [2.24, 2.45) is 0 Å². The summed E-state index contributed by atoms with van der Waals surface area (Å²) >= 11 is 0. The van der Waals surface area contributed by atoms with Crippen molar-refractivity contribution >= 4 is 5.91 Å². The fraction of sp³-hybridized carbons (Fsp3) is 0.562. The monoisotopic (exact) mass is 280 g/mol. The molecule has 4 heteroatoms. The lowest BCUT2D eigenvalue weighted by Gasteiger charge is -2.17. The average Bonchev–Trinajstić information content (AvgIpc) is 2.45. The number of unbranched alkanes of at least 4 members (excludes halogenated alkanes) is 1. The van der Waals surface area contributed by atoms with Crippen LogP contribution in [0.4, 0.5) is 4.39 Å². The number of halogens is 1. The fourth-order valence-corrected chi connectivity index (χ4v) is 2.08. The number of rotatable bonds is 9. The van der Waals surface area contributed by atoms with Gasteiger partial charge in [-0.2, -0.15) is 0 Å². The topological polar surface area (TPSA) is 32.3 Å². The van der Waals surface area contributed by atoms with Gasteiger partial charge in [0.25, 0.3) is 0 Å². The summed E-state index contributed by atoms with van der Waals surface area (Å²) in [7, 11) is 0. The van der Waals surface area contributed by atoms with Gasteiger partial charge in [0.2, 0.25) is 5.91 Å². The van der Waals surface area contributed by atoms with Crippen LogP contribution in [-0.4, -0.2) is 37.0 Å². The largest absolute Gasteiger partial charge is 0.356 e. The van der Waals surface area contributed by atoms with Gasteiger partial charge in [-0.15, -0.1) is 0 Å². The third kappa shape index (κ3) is 6.66. The van der Waals surface area contributed by atoms with Crippen LogP contribution in [0.15, 0.2) is 24.3 Å². The molecule has 0 aliphatic carbocycles. The van der Waals surface area contributed by atoms with Crippen LogP contribution in [0.5, 0.6) is 0 Å². The van der Waals surface area contributed by atoms with Crippen molar-refractivity contribution < 1.29 is 9.18 Å². The zero-order valence-electron chi connectivity index (χ0n) is 12.5. The van der Waals surface area contributed by atoms with Crippen LogP contribution < -0.4 is 5.32 Å². The highest BCUT2D eigenvalue weighted by Gasteiger charge is 2.03. The molecule has 0 radical (unpaired) electrons. The Morgan fingerprint density at radius 3 is 2.40 bits per heavy atom. The van der Waals surface area contributed by atoms with E-state index in [1.165, 1.54) is 12.1 Å². The first-order valence-corrected chi connectivity index (χ1v) is 7.39. The van der Waals surface area contributed by atoms with E-state index in [9.17, 15) is 9.18 Å². The van der Waals surface area contributed by atoms with E-state index in [0.29, 0.717) is 13.0 Å². The summed E-state index contributed by atoms with van der Waals surface area (Å²) in [5.74, 6) is -0.273. The Labute approximate surface area is 121 Å². The second-order valence-electron chi connectivity index (χ2n) is 4.89. The normalized spacial score (nSPS) is 10.8. The van der Waals surface area contributed by atoms with Gasteiger partial charge < -0.3 is 10.2 Å². The molecule has 0 saturated heterocycles. The Morgan fingerprint density at radius 2 is 1.80 bits per heavy atom. The van der Waals surface area contributed by atoms with E-state index in [1.54, 1.807) is 12.1 Å². The SMILES string of the molecule is CCN(CC)CCCCNC(=O)Cc1ccc(F)cc1. The van der Waals surface area contributed by atoms with Crippen LogP contribution in [0.1, 0.15) is 32.3 Å². The lowest BCUT2D eigenvalue weighted by atomic mass is 10.1. The van der Waals surface area contributed by atoms with E-state index in [4.69, 9.17) is 0 Å². The summed E-state index contributed by atoms with van der Waals surface area (Å²) in [5.41, 5.74) is 0.840. The maximum absolute atomic E-state index is 12.7. The minimum atomic E-state index is -0.273. The predicted octanol–water partition coefficient (Wildman–Crippen LogP) is 2.61. The molecule has 0 atom stereocenters. The van der Waals surface area contributed by atoms with E-state index in [2.05, 4.69) is 24.1 Å². The standard InChI is InChI=1S/C16H25FN2O/c1-3-19(4-2)12-6-5-11-18-16(20)13-14-7-9-15(17)10-8-14/h7-10H,3-6,11-13H2,1-2H3,(H,18,20). The van der Waals surface area contributed by atoms with Crippen LogP contribution in [0, 0.1) is 5.82 Å². The van der Waals surface area contributed by atoms with Crippen LogP contribution in [-0.2, 0) is 11.2 Å². The van der Waals surface area contributed by atoms with Gasteiger partial charge in [0, 0.05) is 6.54 Å². The van der Waals surface area contributed by atoms with E-state index >= 15 is 0 Å². The van der Waals surface area contributed by atoms with Crippen molar-refractivity contribution in [3.05, 3.63) is 35.6 Å². The number of amides is 1. The van der Waals surface area contributed by atoms with Crippen molar-refractivity contribution in [2.75, 3.05) is 26.2 Å². The van der Waals surface area contributed by atoms with Crippen molar-refractivity contribution in [2.45, 2.75) is 33.1 Å². The summed E-state index contributed by atoms with van der Waals surface area (Å²) in [6.07, 6.45) is 2.40. The van der Waals surface area contributed by atoms with Gasteiger partial charge in [0.1, 0.15) is 5.82 Å². The van der Waals surface area contributed by atoms with Gasteiger partial charge in [-0.05, 0) is 50.2 Å². The quantitative estimate of drug-likeness (QED) is 0.705. The highest BCUT2D eigenvalue weighted by atomic mass is 19.1. The molecule has 1 aromatic rings. The number of nitrogens with one attached hydrogen (secondary N) is 1. The first-order chi connectivity index (χ1) is 9.65. The molecule has 0 fully saturated rings. The number of benzene rings is 1. The van der Waals surface area contributed by atoms with E-state index < -0.39 is 0 Å². The Morgan fingerprint density at radius 1 is 1.15 bits per heavy atom. The van der Waals surface area contributed by atoms with Crippen LogP contribution in [0.3, 0.4) is 0 Å². The molecule has 0 spiro atoms. The Kier molecular flexibility index (Phi) is 7.88. The molecular weight excluding hydrogens is 255 g/mol. The van der Waals surface area contributed by atoms with Crippen molar-refractivity contribution in [1.82, 2.24) is 10.2 Å². The summed E-state index contributed by atoms with van der Waals surface area (Å²) < 4.78 is 12.7. The summed E-state index contributed by atoms with van der Waals surface area (Å²) in [5, 5.41) is 2.90. The molecular formula is C16H25FN2O. The number of nitrogens with zero attached hydrogens (tertiary/aromatic N) is 1. The highest BCUT2D eigenvalue weighted by Crippen LogP contribution is 2.03. The maximum atomic E-state index is 12.7. The maximum Gasteiger partial charge on any atom is 0.224 e. The van der Waals surface area contributed by atoms with Gasteiger partial charge >= 0.3 is 0 Å². The van der Waals surface area contributed by atoms with Crippen LogP contribution >= 0.6 is 0 Å². The number of hydrogen-bond donors (Lipinski definition) is 1. The lowest BCUT2D eigenvalue weighted by molar-refractivity contribution is -0.120. The molecule has 0 aliphatic heterocycles. The molecule has 3 nitrogen and oxygen atoms in total. The number of carbonyl (C=O) groups is 1. The summed E-state index contributed by atoms with van der Waals surface area (Å²) in [4.78, 5) is 14.1. The van der Waals surface area contributed by atoms with E-state index in [-0.39, 0.29) is 11.7 Å². The highest BCUT2D eigenvalue weighted by molar-refractivity contribution is 5.78. The minimum absolute atomic E-state index is 0.000512. The third-order valence-electron chi connectivity index (χ3n) is 3.40. The third-order valence-corrected chi connectivity index (χ3v) is 3.40. The Bertz CT molecular complexity index is 388. The molecule has 1 N–H and O–H groups in total. The van der Waals surface area contributed by atoms with Crippen molar-refractivity contribution in [1.29, 1.82) is 0 Å². The van der Waals surface area contributed by atoms with Crippen molar-refractivity contribution in [3.8, 4) is 0 Å². The van der Waals surface area contributed by atoms with Crippen LogP contribution in [0.25, 0.3) is 0 Å². The molecule has 1 rings (SSSR count). The summed E-state index contributed by atoms with van der Waals surface area (Å²) in [6, 6.07) is 6.06. The summed E-state index contributed by atoms with van der Waals surface area (Å²) in [6.45, 7) is 8.27. The molecule has 0 bridgehead atoms. The molecule has 0 aliphatic rings. The Hall–Kier alpha value is -1.42. The van der Waals surface area contributed by atoms with E-state index in [0.717, 1.165) is 38.0 Å². The molecule has 112 valence electrons. The molecule has 1 amide bonds. The zero-order valence-corrected chi connectivity index (χ0v) is 12.5. The molecule has 0 unspecified atom stereocenters. The molecule has 0 aromatic heterocycles. The smallest absolute Gasteiger partial charge is 0.224 e. The first-order valence-electron chi connectivity index (χ1n) is 7.39. The van der Waals surface area contributed by atoms with Gasteiger partial charge in [-0.25, -0.2) is 4.39 Å². The van der Waals surface area contributed by atoms with Crippen molar-refractivity contribution in [3.63, 3.8) is 0 Å². The first kappa shape index (κ1) is 16.6. The second-order valence-corrected chi connectivity index (χ2v) is 4.89. The lowest BCUT2D eigenvalue weighted by Crippen LogP contribution is -2.28. The van der Waals surface area contributed by atoms with Gasteiger partial charge in [0.05, 0.1) is 6.42 Å². The second kappa shape index (κ2) is 9.48. The van der Waals surface area contributed by atoms with Gasteiger partial charge in [-0.3, -0.25) is 4.79 Å². The minimum Gasteiger partial charge on any atom is -0.356 e. The fourth-order valence-electron chi connectivity index (χ4n) is 2.08. The Balaban J connectivity index is 2.13. The molecule has 1 aromatic carbocycles. The predicted molar refractivity (Wildman–Crippen MR) is 80.1 cm³/mol. The van der Waals surface area contributed by atoms with E-state index in [1.807, 2.05) is 0 Å². The van der Waals surface area contributed by atoms with Gasteiger partial charge in [0.15, 0.2) is 0 Å².